The molecule has 1 atom stereocenters. The molecule has 25 heavy (non-hydrogen) atoms. The van der Waals surface area contributed by atoms with Gasteiger partial charge in [0.25, 0.3) is 0 Å². The van der Waals surface area contributed by atoms with E-state index in [-0.39, 0.29) is 18.5 Å². The topological polar surface area (TPSA) is 66.5 Å². The molecule has 1 aliphatic rings. The number of nitrogens with one attached hydrogen (secondary N) is 1. The van der Waals surface area contributed by atoms with Crippen LogP contribution in [0.3, 0.4) is 0 Å². The van der Waals surface area contributed by atoms with E-state index in [4.69, 9.17) is 0 Å². The predicted octanol–water partition coefficient (Wildman–Crippen LogP) is 2.30. The van der Waals surface area contributed by atoms with Crippen molar-refractivity contribution >= 4 is 15.9 Å². The number of carbonyl (C=O) groups excluding carboxylic acids is 1. The summed E-state index contributed by atoms with van der Waals surface area (Å²) in [5, 5.41) is 0. The van der Waals surface area contributed by atoms with Crippen LogP contribution in [-0.2, 0) is 21.0 Å². The van der Waals surface area contributed by atoms with Gasteiger partial charge in [-0.25, -0.2) is 17.5 Å². The number of likely N-dealkylation sites (tertiary alicyclic amines) is 1. The second-order valence-electron chi connectivity index (χ2n) is 5.52. The van der Waals surface area contributed by atoms with E-state index in [0.29, 0.717) is 31.5 Å². The smallest absolute Gasteiger partial charge is 0.335 e. The lowest BCUT2D eigenvalue weighted by Crippen LogP contribution is -2.42. The molecule has 1 N–H and O–H groups in total. The summed E-state index contributed by atoms with van der Waals surface area (Å²) in [6.07, 6.45) is -2.77. The largest absolute Gasteiger partial charge is 0.417 e. The number of amides is 1. The average molecular weight is 380 g/mol. The third kappa shape index (κ3) is 4.37. The zero-order valence-electron chi connectivity index (χ0n) is 13.0. The second kappa shape index (κ2) is 7.12. The first-order valence-corrected chi connectivity index (χ1v) is 8.84. The minimum absolute atomic E-state index is 0.137. The first-order valence-electron chi connectivity index (χ1n) is 7.35. The maximum absolute atomic E-state index is 13.1. The SMILES string of the molecule is C=CC(=O)N1CCC[C@@H]1CNS(=O)(=O)c1ccc(F)cc1C(F)(F)F. The number of carbonyl (C=O) groups is 1. The molecule has 1 fully saturated rings. The minimum Gasteiger partial charge on any atom is -0.335 e. The van der Waals surface area contributed by atoms with Crippen LogP contribution in [0.25, 0.3) is 0 Å². The Labute approximate surface area is 142 Å². The standard InChI is InChI=1S/C15H16F4N2O3S/c1-2-14(22)21-7-3-4-11(21)9-20-25(23,24)13-6-5-10(16)8-12(13)15(17,18)19/h2,5-6,8,11,20H,1,3-4,7,9H2/t11-/m1/s1. The lowest BCUT2D eigenvalue weighted by atomic mass is 10.2. The minimum atomic E-state index is -5.02. The van der Waals surface area contributed by atoms with Gasteiger partial charge in [-0.15, -0.1) is 0 Å². The van der Waals surface area contributed by atoms with Crippen LogP contribution in [0.1, 0.15) is 18.4 Å². The van der Waals surface area contributed by atoms with Crippen molar-refractivity contribution in [3.8, 4) is 0 Å². The van der Waals surface area contributed by atoms with Crippen LogP contribution >= 0.6 is 0 Å². The molecular formula is C15H16F4N2O3S. The summed E-state index contributed by atoms with van der Waals surface area (Å²) in [5.41, 5.74) is -1.58. The predicted molar refractivity (Wildman–Crippen MR) is 81.5 cm³/mol. The number of benzene rings is 1. The Hall–Kier alpha value is -1.94. The van der Waals surface area contributed by atoms with Crippen molar-refractivity contribution in [2.75, 3.05) is 13.1 Å². The second-order valence-corrected chi connectivity index (χ2v) is 7.26. The van der Waals surface area contributed by atoms with Gasteiger partial charge in [-0.1, -0.05) is 6.58 Å². The highest BCUT2D eigenvalue weighted by Gasteiger charge is 2.38. The van der Waals surface area contributed by atoms with E-state index in [1.807, 2.05) is 0 Å². The molecule has 10 heteroatoms. The Morgan fingerprint density at radius 2 is 2.08 bits per heavy atom. The van der Waals surface area contributed by atoms with Crippen LogP contribution in [0.5, 0.6) is 0 Å². The van der Waals surface area contributed by atoms with Gasteiger partial charge in [0.1, 0.15) is 5.82 Å². The summed E-state index contributed by atoms with van der Waals surface area (Å²) in [4.78, 5) is 12.0. The Balaban J connectivity index is 2.23. The van der Waals surface area contributed by atoms with Crippen molar-refractivity contribution in [3.63, 3.8) is 0 Å². The molecule has 0 saturated carbocycles. The maximum atomic E-state index is 13.1. The van der Waals surface area contributed by atoms with Gasteiger partial charge in [-0.2, -0.15) is 13.2 Å². The highest BCUT2D eigenvalue weighted by atomic mass is 32.2. The molecule has 138 valence electrons. The molecule has 1 amide bonds. The lowest BCUT2D eigenvalue weighted by Gasteiger charge is -2.24. The average Bonchev–Trinajstić information content (AvgIpc) is 2.99. The molecule has 1 saturated heterocycles. The fourth-order valence-electron chi connectivity index (χ4n) is 2.70. The fourth-order valence-corrected chi connectivity index (χ4v) is 3.98. The number of nitrogens with zero attached hydrogens (tertiary/aromatic N) is 1. The molecule has 0 radical (unpaired) electrons. The maximum Gasteiger partial charge on any atom is 0.417 e. The molecule has 0 unspecified atom stereocenters. The zero-order valence-corrected chi connectivity index (χ0v) is 13.8. The molecule has 0 bridgehead atoms. The van der Waals surface area contributed by atoms with Crippen LogP contribution in [0.15, 0.2) is 35.7 Å². The molecule has 1 aromatic carbocycles. The molecule has 1 heterocycles. The van der Waals surface area contributed by atoms with E-state index in [0.717, 1.165) is 6.08 Å². The van der Waals surface area contributed by atoms with Gasteiger partial charge in [0.05, 0.1) is 10.5 Å². The van der Waals surface area contributed by atoms with Crippen LogP contribution in [0.4, 0.5) is 17.6 Å². The first kappa shape index (κ1) is 19.4. The van der Waals surface area contributed by atoms with Gasteiger partial charge in [-0.3, -0.25) is 4.79 Å². The monoisotopic (exact) mass is 380 g/mol. The van der Waals surface area contributed by atoms with E-state index >= 15 is 0 Å². The van der Waals surface area contributed by atoms with Gasteiger partial charge in [-0.05, 0) is 37.1 Å². The summed E-state index contributed by atoms with van der Waals surface area (Å²) in [6.45, 7) is 3.53. The zero-order chi connectivity index (χ0) is 18.8. The van der Waals surface area contributed by atoms with Gasteiger partial charge in [0.15, 0.2) is 0 Å². The van der Waals surface area contributed by atoms with Crippen molar-refractivity contribution < 1.29 is 30.8 Å². The van der Waals surface area contributed by atoms with Crippen LogP contribution in [0.2, 0.25) is 0 Å². The van der Waals surface area contributed by atoms with Crippen molar-refractivity contribution in [1.29, 1.82) is 0 Å². The summed E-state index contributed by atoms with van der Waals surface area (Å²) in [6, 6.07) is 0.877. The van der Waals surface area contributed by atoms with Crippen LogP contribution in [0, 0.1) is 5.82 Å². The first-order chi connectivity index (χ1) is 11.6. The van der Waals surface area contributed by atoms with Crippen molar-refractivity contribution in [2.24, 2.45) is 0 Å². The Bertz CT molecular complexity index is 777. The number of hydrogen-bond acceptors (Lipinski definition) is 3. The fraction of sp³-hybridized carbons (Fsp3) is 0.400. The molecule has 0 aliphatic carbocycles. The summed E-state index contributed by atoms with van der Waals surface area (Å²) in [5.74, 6) is -1.57. The van der Waals surface area contributed by atoms with Crippen molar-refractivity contribution in [1.82, 2.24) is 9.62 Å². The van der Waals surface area contributed by atoms with Crippen LogP contribution < -0.4 is 4.72 Å². The number of rotatable bonds is 5. The lowest BCUT2D eigenvalue weighted by molar-refractivity contribution is -0.140. The quantitative estimate of drug-likeness (QED) is 0.630. The highest BCUT2D eigenvalue weighted by Crippen LogP contribution is 2.34. The Kier molecular flexibility index (Phi) is 5.52. The Morgan fingerprint density at radius 3 is 2.68 bits per heavy atom. The number of hydrogen-bond donors (Lipinski definition) is 1. The Morgan fingerprint density at radius 1 is 1.40 bits per heavy atom. The molecule has 1 aromatic rings. The van der Waals surface area contributed by atoms with Gasteiger partial charge in [0, 0.05) is 19.1 Å². The third-order valence-electron chi connectivity index (χ3n) is 3.88. The van der Waals surface area contributed by atoms with E-state index in [9.17, 15) is 30.8 Å². The molecule has 5 nitrogen and oxygen atoms in total. The van der Waals surface area contributed by atoms with E-state index in [1.54, 1.807) is 0 Å². The third-order valence-corrected chi connectivity index (χ3v) is 5.36. The van der Waals surface area contributed by atoms with Crippen molar-refractivity contribution in [2.45, 2.75) is 30.0 Å². The summed E-state index contributed by atoms with van der Waals surface area (Å²) < 4.78 is 78.7. The highest BCUT2D eigenvalue weighted by molar-refractivity contribution is 7.89. The van der Waals surface area contributed by atoms with Crippen LogP contribution in [-0.4, -0.2) is 38.4 Å². The summed E-state index contributed by atoms with van der Waals surface area (Å²) >= 11 is 0. The molecule has 2 rings (SSSR count). The molecule has 0 spiro atoms. The molecular weight excluding hydrogens is 364 g/mol. The normalized spacial score (nSPS) is 18.4. The molecule has 1 aliphatic heterocycles. The number of alkyl halides is 3. The van der Waals surface area contributed by atoms with E-state index in [1.165, 1.54) is 4.90 Å². The van der Waals surface area contributed by atoms with Gasteiger partial charge >= 0.3 is 6.18 Å². The van der Waals surface area contributed by atoms with Gasteiger partial charge in [0.2, 0.25) is 15.9 Å². The van der Waals surface area contributed by atoms with Crippen molar-refractivity contribution in [3.05, 3.63) is 42.2 Å². The number of sulfonamides is 1. The van der Waals surface area contributed by atoms with E-state index < -0.39 is 38.5 Å². The number of halogens is 4. The summed E-state index contributed by atoms with van der Waals surface area (Å²) in [7, 11) is -4.53. The molecule has 0 aromatic heterocycles. The van der Waals surface area contributed by atoms with E-state index in [2.05, 4.69) is 11.3 Å². The van der Waals surface area contributed by atoms with Gasteiger partial charge < -0.3 is 4.90 Å².